The molecule has 1 aliphatic heterocycles. The number of carbonyl (C=O) groups is 2. The molecule has 5 nitrogen and oxygen atoms in total. The number of anilines is 1. The molecule has 26 heavy (non-hydrogen) atoms. The first-order valence-electron chi connectivity index (χ1n) is 8.28. The van der Waals surface area contributed by atoms with Gasteiger partial charge in [0.05, 0.1) is 10.7 Å². The first-order valence-corrected chi connectivity index (χ1v) is 9.04. The van der Waals surface area contributed by atoms with Crippen LogP contribution in [0.2, 0.25) is 10.0 Å². The highest BCUT2D eigenvalue weighted by molar-refractivity contribution is 6.34. The summed E-state index contributed by atoms with van der Waals surface area (Å²) in [5.41, 5.74) is 1.37. The standard InChI is InChI=1S/C19H19Cl2N3O2/c1-23-8-10-24(11-9-23)19(26)14-4-7-16(21)17(12-14)22-18(25)13-2-5-15(20)6-3-13/h2-7,12H,8-11H2,1H3,(H,22,25). The fourth-order valence-corrected chi connectivity index (χ4v) is 3.03. The van der Waals surface area contributed by atoms with Crippen LogP contribution >= 0.6 is 23.2 Å². The van der Waals surface area contributed by atoms with Crippen LogP contribution in [0.4, 0.5) is 5.69 Å². The molecule has 1 heterocycles. The summed E-state index contributed by atoms with van der Waals surface area (Å²) in [6, 6.07) is 11.5. The highest BCUT2D eigenvalue weighted by atomic mass is 35.5. The Labute approximate surface area is 162 Å². The van der Waals surface area contributed by atoms with Crippen LogP contribution in [0.25, 0.3) is 0 Å². The summed E-state index contributed by atoms with van der Waals surface area (Å²) in [6.07, 6.45) is 0. The minimum absolute atomic E-state index is 0.0586. The summed E-state index contributed by atoms with van der Waals surface area (Å²) < 4.78 is 0. The van der Waals surface area contributed by atoms with Gasteiger partial charge in [-0.2, -0.15) is 0 Å². The summed E-state index contributed by atoms with van der Waals surface area (Å²) in [5.74, 6) is -0.371. The Hall–Kier alpha value is -2.08. The lowest BCUT2D eigenvalue weighted by Crippen LogP contribution is -2.47. The van der Waals surface area contributed by atoms with Crippen LogP contribution in [0, 0.1) is 0 Å². The van der Waals surface area contributed by atoms with Crippen LogP contribution in [0.3, 0.4) is 0 Å². The van der Waals surface area contributed by atoms with Crippen LogP contribution in [0.5, 0.6) is 0 Å². The van der Waals surface area contributed by atoms with Crippen LogP contribution in [-0.4, -0.2) is 54.8 Å². The molecule has 1 fully saturated rings. The highest BCUT2D eigenvalue weighted by Gasteiger charge is 2.21. The van der Waals surface area contributed by atoms with Crippen molar-refractivity contribution in [3.63, 3.8) is 0 Å². The molecule has 2 aromatic rings. The van der Waals surface area contributed by atoms with Gasteiger partial charge in [-0.05, 0) is 49.5 Å². The molecular weight excluding hydrogens is 373 g/mol. The summed E-state index contributed by atoms with van der Waals surface area (Å²) in [6.45, 7) is 3.06. The number of benzene rings is 2. The second-order valence-corrected chi connectivity index (χ2v) is 7.09. The molecule has 0 aromatic heterocycles. The lowest BCUT2D eigenvalue weighted by atomic mass is 10.1. The van der Waals surface area contributed by atoms with E-state index in [2.05, 4.69) is 10.2 Å². The van der Waals surface area contributed by atoms with E-state index in [0.717, 1.165) is 13.1 Å². The van der Waals surface area contributed by atoms with Gasteiger partial charge >= 0.3 is 0 Å². The van der Waals surface area contributed by atoms with Crippen LogP contribution in [0.1, 0.15) is 20.7 Å². The number of halogens is 2. The fourth-order valence-electron chi connectivity index (χ4n) is 2.74. The maximum Gasteiger partial charge on any atom is 0.255 e. The number of piperazine rings is 1. The minimum Gasteiger partial charge on any atom is -0.336 e. The predicted octanol–water partition coefficient (Wildman–Crippen LogP) is 3.63. The predicted molar refractivity (Wildman–Crippen MR) is 104 cm³/mol. The Bertz CT molecular complexity index is 816. The Morgan fingerprint density at radius 3 is 2.19 bits per heavy atom. The summed E-state index contributed by atoms with van der Waals surface area (Å²) >= 11 is 12.0. The van der Waals surface area contributed by atoms with Gasteiger partial charge < -0.3 is 15.1 Å². The third-order valence-electron chi connectivity index (χ3n) is 4.36. The third-order valence-corrected chi connectivity index (χ3v) is 4.94. The van der Waals surface area contributed by atoms with E-state index in [-0.39, 0.29) is 11.8 Å². The normalized spacial score (nSPS) is 15.0. The number of nitrogens with zero attached hydrogens (tertiary/aromatic N) is 2. The van der Waals surface area contributed by atoms with Crippen molar-refractivity contribution in [1.29, 1.82) is 0 Å². The molecule has 2 amide bonds. The van der Waals surface area contributed by atoms with Gasteiger partial charge in [-0.15, -0.1) is 0 Å². The molecule has 1 saturated heterocycles. The number of hydrogen-bond acceptors (Lipinski definition) is 3. The third kappa shape index (κ3) is 4.36. The molecule has 0 bridgehead atoms. The molecule has 0 aliphatic carbocycles. The molecule has 2 aromatic carbocycles. The zero-order chi connectivity index (χ0) is 18.7. The van der Waals surface area contributed by atoms with Crippen molar-refractivity contribution in [2.24, 2.45) is 0 Å². The molecular formula is C19H19Cl2N3O2. The van der Waals surface area contributed by atoms with E-state index in [9.17, 15) is 9.59 Å². The Kier molecular flexibility index (Phi) is 5.81. The van der Waals surface area contributed by atoms with Crippen LogP contribution in [-0.2, 0) is 0 Å². The van der Waals surface area contributed by atoms with E-state index in [1.165, 1.54) is 0 Å². The second kappa shape index (κ2) is 8.08. The minimum atomic E-state index is -0.312. The first kappa shape index (κ1) is 18.7. The van der Waals surface area contributed by atoms with Gasteiger partial charge in [-0.1, -0.05) is 23.2 Å². The van der Waals surface area contributed by atoms with Crippen molar-refractivity contribution >= 4 is 40.7 Å². The van der Waals surface area contributed by atoms with Gasteiger partial charge in [0.1, 0.15) is 0 Å². The zero-order valence-electron chi connectivity index (χ0n) is 14.3. The van der Waals surface area contributed by atoms with E-state index >= 15 is 0 Å². The average molecular weight is 392 g/mol. The van der Waals surface area contributed by atoms with Gasteiger partial charge in [0.15, 0.2) is 0 Å². The molecule has 0 unspecified atom stereocenters. The van der Waals surface area contributed by atoms with Crippen molar-refractivity contribution < 1.29 is 9.59 Å². The number of rotatable bonds is 3. The van der Waals surface area contributed by atoms with E-state index in [1.54, 1.807) is 42.5 Å². The van der Waals surface area contributed by atoms with Gasteiger partial charge in [-0.3, -0.25) is 9.59 Å². The van der Waals surface area contributed by atoms with Crippen molar-refractivity contribution in [3.05, 3.63) is 63.6 Å². The Morgan fingerprint density at radius 1 is 0.923 bits per heavy atom. The monoisotopic (exact) mass is 391 g/mol. The molecule has 0 saturated carbocycles. The largest absolute Gasteiger partial charge is 0.336 e. The molecule has 3 rings (SSSR count). The molecule has 7 heteroatoms. The number of nitrogens with one attached hydrogen (secondary N) is 1. The molecule has 0 spiro atoms. The van der Waals surface area contributed by atoms with Gasteiger partial charge in [0.25, 0.3) is 11.8 Å². The lowest BCUT2D eigenvalue weighted by Gasteiger charge is -2.32. The van der Waals surface area contributed by atoms with Crippen molar-refractivity contribution in [1.82, 2.24) is 9.80 Å². The van der Waals surface area contributed by atoms with E-state index < -0.39 is 0 Å². The smallest absolute Gasteiger partial charge is 0.255 e. The van der Waals surface area contributed by atoms with Crippen LogP contribution < -0.4 is 5.32 Å². The molecule has 0 atom stereocenters. The second-order valence-electron chi connectivity index (χ2n) is 6.25. The first-order chi connectivity index (χ1) is 12.4. The maximum atomic E-state index is 12.7. The fraction of sp³-hybridized carbons (Fsp3) is 0.263. The summed E-state index contributed by atoms with van der Waals surface area (Å²) in [4.78, 5) is 29.1. The summed E-state index contributed by atoms with van der Waals surface area (Å²) in [5, 5.41) is 3.69. The summed E-state index contributed by atoms with van der Waals surface area (Å²) in [7, 11) is 2.04. The SMILES string of the molecule is CN1CCN(C(=O)c2ccc(Cl)c(NC(=O)c3ccc(Cl)cc3)c2)CC1. The quantitative estimate of drug-likeness (QED) is 0.868. The Balaban J connectivity index is 1.76. The number of likely N-dealkylation sites (N-methyl/N-ethyl adjacent to an activating group) is 1. The van der Waals surface area contributed by atoms with Crippen LogP contribution in [0.15, 0.2) is 42.5 Å². The topological polar surface area (TPSA) is 52.6 Å². The zero-order valence-corrected chi connectivity index (χ0v) is 15.8. The highest BCUT2D eigenvalue weighted by Crippen LogP contribution is 2.25. The van der Waals surface area contributed by atoms with Gasteiger partial charge in [-0.25, -0.2) is 0 Å². The molecule has 136 valence electrons. The molecule has 0 radical (unpaired) electrons. The van der Waals surface area contributed by atoms with Crippen molar-refractivity contribution in [2.45, 2.75) is 0 Å². The number of carbonyl (C=O) groups excluding carboxylic acids is 2. The Morgan fingerprint density at radius 2 is 1.54 bits per heavy atom. The molecule has 1 aliphatic rings. The van der Waals surface area contributed by atoms with Crippen molar-refractivity contribution in [2.75, 3.05) is 38.5 Å². The van der Waals surface area contributed by atoms with Gasteiger partial charge in [0.2, 0.25) is 0 Å². The maximum absolute atomic E-state index is 12.7. The number of amides is 2. The van der Waals surface area contributed by atoms with Crippen molar-refractivity contribution in [3.8, 4) is 0 Å². The van der Waals surface area contributed by atoms with Gasteiger partial charge in [0, 0.05) is 42.3 Å². The van der Waals surface area contributed by atoms with E-state index in [0.29, 0.717) is 39.9 Å². The lowest BCUT2D eigenvalue weighted by molar-refractivity contribution is 0.0664. The van der Waals surface area contributed by atoms with E-state index in [1.807, 2.05) is 11.9 Å². The molecule has 1 N–H and O–H groups in total. The van der Waals surface area contributed by atoms with E-state index in [4.69, 9.17) is 23.2 Å². The average Bonchev–Trinajstić information content (AvgIpc) is 2.64. The number of hydrogen-bond donors (Lipinski definition) is 1.